The highest BCUT2D eigenvalue weighted by atomic mass is 35.5. The van der Waals surface area contributed by atoms with Crippen LogP contribution in [0, 0.1) is 17.1 Å². The van der Waals surface area contributed by atoms with E-state index in [4.69, 9.17) is 16.9 Å². The summed E-state index contributed by atoms with van der Waals surface area (Å²) in [5.41, 5.74) is 4.18. The SMILES string of the molecule is CN(C)CCC(CNC(=O)Nc1ccc(F)c(Cl)c1)c1ccc(-c2cccc(C#N)c2)cc1. The lowest BCUT2D eigenvalue weighted by Gasteiger charge is -2.21. The number of rotatable bonds is 8. The first-order valence-corrected chi connectivity index (χ1v) is 11.0. The zero-order valence-electron chi connectivity index (χ0n) is 18.6. The molecule has 0 fully saturated rings. The third-order valence-electron chi connectivity index (χ3n) is 5.32. The summed E-state index contributed by atoms with van der Waals surface area (Å²) in [6.07, 6.45) is 0.860. The highest BCUT2D eigenvalue weighted by molar-refractivity contribution is 6.31. The second kappa shape index (κ2) is 11.5. The number of benzene rings is 3. The van der Waals surface area contributed by atoms with E-state index in [9.17, 15) is 9.18 Å². The highest BCUT2D eigenvalue weighted by Gasteiger charge is 2.14. The van der Waals surface area contributed by atoms with Crippen LogP contribution in [0.5, 0.6) is 0 Å². The van der Waals surface area contributed by atoms with Crippen molar-refractivity contribution in [3.63, 3.8) is 0 Å². The Labute approximate surface area is 198 Å². The second-order valence-corrected chi connectivity index (χ2v) is 8.47. The van der Waals surface area contributed by atoms with Gasteiger partial charge in [0.25, 0.3) is 0 Å². The van der Waals surface area contributed by atoms with Crippen LogP contribution in [0.4, 0.5) is 14.9 Å². The summed E-state index contributed by atoms with van der Waals surface area (Å²) in [7, 11) is 4.03. The normalized spacial score (nSPS) is 11.6. The van der Waals surface area contributed by atoms with Gasteiger partial charge >= 0.3 is 6.03 Å². The molecule has 3 aromatic rings. The van der Waals surface area contributed by atoms with Gasteiger partial charge in [0.2, 0.25) is 0 Å². The van der Waals surface area contributed by atoms with E-state index in [2.05, 4.69) is 33.7 Å². The standard InChI is InChI=1S/C26H26ClFN4O/c1-32(2)13-12-22(17-30-26(33)31-23-10-11-25(28)24(27)15-23)20-8-6-19(7-9-20)21-5-3-4-18(14-21)16-29/h3-11,14-15,22H,12-13,17H2,1-2H3,(H2,30,31,33). The minimum Gasteiger partial charge on any atom is -0.337 e. The zero-order chi connectivity index (χ0) is 23.8. The van der Waals surface area contributed by atoms with Gasteiger partial charge in [0.15, 0.2) is 0 Å². The van der Waals surface area contributed by atoms with Crippen LogP contribution < -0.4 is 10.6 Å². The van der Waals surface area contributed by atoms with E-state index >= 15 is 0 Å². The van der Waals surface area contributed by atoms with E-state index in [0.717, 1.165) is 29.7 Å². The molecule has 7 heteroatoms. The fourth-order valence-electron chi connectivity index (χ4n) is 3.48. The lowest BCUT2D eigenvalue weighted by atomic mass is 9.93. The molecule has 0 heterocycles. The summed E-state index contributed by atoms with van der Waals surface area (Å²) in [4.78, 5) is 14.5. The first kappa shape index (κ1) is 24.2. The number of amides is 2. The smallest absolute Gasteiger partial charge is 0.319 e. The summed E-state index contributed by atoms with van der Waals surface area (Å²) in [6, 6.07) is 21.5. The predicted octanol–water partition coefficient (Wildman–Crippen LogP) is 5.87. The molecule has 5 nitrogen and oxygen atoms in total. The molecular weight excluding hydrogens is 439 g/mol. The Morgan fingerprint density at radius 2 is 1.85 bits per heavy atom. The Bertz CT molecular complexity index is 1140. The molecule has 0 saturated carbocycles. The Hall–Kier alpha value is -3.40. The van der Waals surface area contributed by atoms with E-state index in [-0.39, 0.29) is 17.0 Å². The van der Waals surface area contributed by atoms with Gasteiger partial charge in [-0.15, -0.1) is 0 Å². The van der Waals surface area contributed by atoms with E-state index in [1.807, 2.05) is 44.4 Å². The number of hydrogen-bond acceptors (Lipinski definition) is 3. The van der Waals surface area contributed by atoms with Crippen LogP contribution in [0.1, 0.15) is 23.5 Å². The average molecular weight is 465 g/mol. The first-order valence-electron chi connectivity index (χ1n) is 10.6. The number of carbonyl (C=O) groups is 1. The number of hydrogen-bond donors (Lipinski definition) is 2. The number of urea groups is 1. The van der Waals surface area contributed by atoms with Crippen LogP contribution in [-0.4, -0.2) is 38.1 Å². The van der Waals surface area contributed by atoms with Gasteiger partial charge in [-0.2, -0.15) is 5.26 Å². The second-order valence-electron chi connectivity index (χ2n) is 8.07. The third-order valence-corrected chi connectivity index (χ3v) is 5.61. The van der Waals surface area contributed by atoms with Crippen molar-refractivity contribution in [3.8, 4) is 17.2 Å². The van der Waals surface area contributed by atoms with E-state index in [1.54, 1.807) is 6.07 Å². The molecule has 0 radical (unpaired) electrons. The maximum Gasteiger partial charge on any atom is 0.319 e. The van der Waals surface area contributed by atoms with E-state index < -0.39 is 5.82 Å². The molecule has 0 spiro atoms. The lowest BCUT2D eigenvalue weighted by molar-refractivity contribution is 0.251. The van der Waals surface area contributed by atoms with Crippen LogP contribution in [-0.2, 0) is 0 Å². The molecule has 0 aliphatic heterocycles. The van der Waals surface area contributed by atoms with Crippen molar-refractivity contribution in [2.45, 2.75) is 12.3 Å². The molecule has 1 unspecified atom stereocenters. The van der Waals surface area contributed by atoms with Crippen LogP contribution in [0.15, 0.2) is 66.7 Å². The van der Waals surface area contributed by atoms with Crippen molar-refractivity contribution in [2.24, 2.45) is 0 Å². The molecule has 170 valence electrons. The third kappa shape index (κ3) is 7.04. The maximum atomic E-state index is 13.3. The molecule has 3 rings (SSSR count). The summed E-state index contributed by atoms with van der Waals surface area (Å²) in [5.74, 6) is -0.427. The van der Waals surface area contributed by atoms with Gasteiger partial charge in [-0.05, 0) is 74.1 Å². The topological polar surface area (TPSA) is 68.2 Å². The summed E-state index contributed by atoms with van der Waals surface area (Å²) in [6.45, 7) is 1.31. The molecule has 0 aliphatic rings. The Morgan fingerprint density at radius 1 is 1.09 bits per heavy atom. The van der Waals surface area contributed by atoms with Gasteiger partial charge in [0, 0.05) is 18.2 Å². The molecule has 0 aliphatic carbocycles. The van der Waals surface area contributed by atoms with E-state index in [1.165, 1.54) is 18.2 Å². The molecule has 0 bridgehead atoms. The number of nitrogens with one attached hydrogen (secondary N) is 2. The van der Waals surface area contributed by atoms with Gasteiger partial charge in [-0.3, -0.25) is 0 Å². The molecular formula is C26H26ClFN4O. The summed E-state index contributed by atoms with van der Waals surface area (Å²) in [5, 5.41) is 14.7. The number of nitriles is 1. The van der Waals surface area contributed by atoms with Gasteiger partial charge in [-0.1, -0.05) is 48.0 Å². The maximum absolute atomic E-state index is 13.3. The van der Waals surface area contributed by atoms with Crippen molar-refractivity contribution < 1.29 is 9.18 Å². The van der Waals surface area contributed by atoms with Gasteiger partial charge in [0.1, 0.15) is 5.82 Å². The van der Waals surface area contributed by atoms with Crippen LogP contribution >= 0.6 is 11.6 Å². The molecule has 2 N–H and O–H groups in total. The Morgan fingerprint density at radius 3 is 2.52 bits per heavy atom. The summed E-state index contributed by atoms with van der Waals surface area (Å²) < 4.78 is 13.3. The monoisotopic (exact) mass is 464 g/mol. The molecule has 2 amide bonds. The average Bonchev–Trinajstić information content (AvgIpc) is 2.81. The number of nitrogens with zero attached hydrogens (tertiary/aromatic N) is 2. The predicted molar refractivity (Wildman–Crippen MR) is 131 cm³/mol. The fraction of sp³-hybridized carbons (Fsp3) is 0.231. The Balaban J connectivity index is 1.69. The van der Waals surface area contributed by atoms with Crippen molar-refractivity contribution in [1.82, 2.24) is 10.2 Å². The van der Waals surface area contributed by atoms with Crippen molar-refractivity contribution >= 4 is 23.3 Å². The zero-order valence-corrected chi connectivity index (χ0v) is 19.4. The van der Waals surface area contributed by atoms with Crippen LogP contribution in [0.2, 0.25) is 5.02 Å². The molecule has 0 aromatic heterocycles. The van der Waals surface area contributed by atoms with Crippen molar-refractivity contribution in [2.75, 3.05) is 32.5 Å². The fourth-order valence-corrected chi connectivity index (χ4v) is 3.66. The molecule has 33 heavy (non-hydrogen) atoms. The summed E-state index contributed by atoms with van der Waals surface area (Å²) >= 11 is 5.78. The quantitative estimate of drug-likeness (QED) is 0.437. The van der Waals surface area contributed by atoms with Crippen molar-refractivity contribution in [1.29, 1.82) is 5.26 Å². The van der Waals surface area contributed by atoms with Gasteiger partial charge < -0.3 is 15.5 Å². The van der Waals surface area contributed by atoms with Crippen molar-refractivity contribution in [3.05, 3.63) is 88.7 Å². The van der Waals surface area contributed by atoms with Gasteiger partial charge in [0.05, 0.1) is 16.7 Å². The minimum absolute atomic E-state index is 0.0444. The molecule has 3 aromatic carbocycles. The lowest BCUT2D eigenvalue weighted by Crippen LogP contribution is -2.33. The molecule has 0 saturated heterocycles. The van der Waals surface area contributed by atoms with Gasteiger partial charge in [-0.25, -0.2) is 9.18 Å². The number of halogens is 2. The van der Waals surface area contributed by atoms with Crippen LogP contribution in [0.3, 0.4) is 0 Å². The van der Waals surface area contributed by atoms with E-state index in [0.29, 0.717) is 17.8 Å². The molecule has 1 atom stereocenters. The minimum atomic E-state index is -0.533. The number of anilines is 1. The first-order chi connectivity index (χ1) is 15.9. The largest absolute Gasteiger partial charge is 0.337 e. The van der Waals surface area contributed by atoms with Crippen LogP contribution in [0.25, 0.3) is 11.1 Å². The number of carbonyl (C=O) groups excluding carboxylic acids is 1. The Kier molecular flexibility index (Phi) is 8.42. The highest BCUT2D eigenvalue weighted by Crippen LogP contribution is 2.25.